The van der Waals surface area contributed by atoms with Gasteiger partial charge in [0.15, 0.2) is 0 Å². The van der Waals surface area contributed by atoms with Crippen molar-refractivity contribution >= 4 is 33.2 Å². The number of nitrogens with zero attached hydrogens (tertiary/aromatic N) is 2. The molecular formula is C13H16ClN2OS+. The number of thiophene rings is 1. The molecule has 1 N–H and O–H groups in total. The standard InChI is InChI=1S/C13H16ClN2OS/c1-16-7-15-13-11(12(16)14)9-6-8(4-5-17)2-3-10(9)18-13/h7-8,17H,2-6H2,1H3/q+1. The second-order valence-corrected chi connectivity index (χ2v) is 6.39. The first-order valence-corrected chi connectivity index (χ1v) is 7.45. The van der Waals surface area contributed by atoms with Crippen molar-refractivity contribution in [1.82, 2.24) is 4.98 Å². The van der Waals surface area contributed by atoms with Crippen LogP contribution in [0.15, 0.2) is 6.33 Å². The summed E-state index contributed by atoms with van der Waals surface area (Å²) < 4.78 is 1.87. The van der Waals surface area contributed by atoms with Crippen LogP contribution in [0.4, 0.5) is 0 Å². The summed E-state index contributed by atoms with van der Waals surface area (Å²) in [4.78, 5) is 6.94. The van der Waals surface area contributed by atoms with Gasteiger partial charge in [0.25, 0.3) is 6.33 Å². The summed E-state index contributed by atoms with van der Waals surface area (Å²) in [7, 11) is 1.92. The fourth-order valence-electron chi connectivity index (χ4n) is 2.74. The lowest BCUT2D eigenvalue weighted by Gasteiger charge is -2.21. The zero-order valence-corrected chi connectivity index (χ0v) is 11.9. The van der Waals surface area contributed by atoms with E-state index in [9.17, 15) is 0 Å². The Morgan fingerprint density at radius 2 is 2.44 bits per heavy atom. The van der Waals surface area contributed by atoms with E-state index in [1.54, 1.807) is 17.7 Å². The molecule has 1 aliphatic carbocycles. The fraction of sp³-hybridized carbons (Fsp3) is 0.538. The highest BCUT2D eigenvalue weighted by Crippen LogP contribution is 2.39. The molecule has 1 aliphatic rings. The molecule has 0 aliphatic heterocycles. The zero-order chi connectivity index (χ0) is 12.7. The fourth-order valence-corrected chi connectivity index (χ4v) is 4.23. The quantitative estimate of drug-likeness (QED) is 0.678. The molecule has 18 heavy (non-hydrogen) atoms. The van der Waals surface area contributed by atoms with E-state index in [0.717, 1.165) is 34.6 Å². The summed E-state index contributed by atoms with van der Waals surface area (Å²) in [6, 6.07) is 0. The largest absolute Gasteiger partial charge is 0.396 e. The monoisotopic (exact) mass is 283 g/mol. The summed E-state index contributed by atoms with van der Waals surface area (Å²) in [5, 5.41) is 11.0. The lowest BCUT2D eigenvalue weighted by atomic mass is 9.85. The average Bonchev–Trinajstić information content (AvgIpc) is 2.73. The maximum absolute atomic E-state index is 9.09. The first kappa shape index (κ1) is 12.3. The van der Waals surface area contributed by atoms with Crippen molar-refractivity contribution in [3.8, 4) is 0 Å². The third kappa shape index (κ3) is 1.92. The van der Waals surface area contributed by atoms with E-state index < -0.39 is 0 Å². The van der Waals surface area contributed by atoms with Gasteiger partial charge < -0.3 is 5.11 Å². The Morgan fingerprint density at radius 3 is 3.22 bits per heavy atom. The van der Waals surface area contributed by atoms with Crippen LogP contribution in [0, 0.1) is 5.92 Å². The molecule has 0 spiro atoms. The van der Waals surface area contributed by atoms with Crippen LogP contribution < -0.4 is 4.57 Å². The Labute approximate surface area is 115 Å². The van der Waals surface area contributed by atoms with Crippen LogP contribution in [0.25, 0.3) is 10.2 Å². The highest BCUT2D eigenvalue weighted by molar-refractivity contribution is 7.18. The molecule has 3 rings (SSSR count). The van der Waals surface area contributed by atoms with Crippen LogP contribution in [-0.4, -0.2) is 16.7 Å². The second kappa shape index (κ2) is 4.76. The van der Waals surface area contributed by atoms with Gasteiger partial charge in [-0.3, -0.25) is 0 Å². The van der Waals surface area contributed by atoms with Crippen molar-refractivity contribution in [3.63, 3.8) is 0 Å². The number of halogens is 1. The lowest BCUT2D eigenvalue weighted by Crippen LogP contribution is -2.29. The normalized spacial score (nSPS) is 19.2. The van der Waals surface area contributed by atoms with Gasteiger partial charge in [-0.1, -0.05) is 11.3 Å². The van der Waals surface area contributed by atoms with Gasteiger partial charge in [0.1, 0.15) is 0 Å². The van der Waals surface area contributed by atoms with Crippen LogP contribution >= 0.6 is 22.9 Å². The van der Waals surface area contributed by atoms with Gasteiger partial charge in [-0.2, -0.15) is 0 Å². The van der Waals surface area contributed by atoms with E-state index >= 15 is 0 Å². The molecule has 0 radical (unpaired) electrons. The van der Waals surface area contributed by atoms with Gasteiger partial charge in [0.05, 0.1) is 12.4 Å². The number of aryl methyl sites for hydroxylation is 2. The third-order valence-electron chi connectivity index (χ3n) is 3.75. The summed E-state index contributed by atoms with van der Waals surface area (Å²) in [6.07, 6.45) is 5.96. The van der Waals surface area contributed by atoms with Crippen LogP contribution in [-0.2, 0) is 19.9 Å². The molecule has 3 nitrogen and oxygen atoms in total. The van der Waals surface area contributed by atoms with Crippen molar-refractivity contribution in [3.05, 3.63) is 21.9 Å². The molecule has 1 unspecified atom stereocenters. The lowest BCUT2D eigenvalue weighted by molar-refractivity contribution is -0.670. The van der Waals surface area contributed by atoms with Crippen molar-refractivity contribution in [2.45, 2.75) is 25.7 Å². The van der Waals surface area contributed by atoms with E-state index in [2.05, 4.69) is 4.98 Å². The summed E-state index contributed by atoms with van der Waals surface area (Å²) in [6.45, 7) is 0.280. The molecule has 2 heterocycles. The van der Waals surface area contributed by atoms with Gasteiger partial charge >= 0.3 is 0 Å². The number of aromatic nitrogens is 2. The summed E-state index contributed by atoms with van der Waals surface area (Å²) in [5.74, 6) is 0.585. The van der Waals surface area contributed by atoms with E-state index in [0.29, 0.717) is 5.92 Å². The van der Waals surface area contributed by atoms with E-state index in [1.807, 2.05) is 11.6 Å². The van der Waals surface area contributed by atoms with E-state index in [4.69, 9.17) is 16.7 Å². The third-order valence-corrected chi connectivity index (χ3v) is 5.40. The van der Waals surface area contributed by atoms with Gasteiger partial charge in [0, 0.05) is 11.5 Å². The predicted molar refractivity (Wildman–Crippen MR) is 73.0 cm³/mol. The molecule has 0 saturated carbocycles. The Bertz CT molecular complexity index is 596. The number of fused-ring (bicyclic) bond motifs is 3. The topological polar surface area (TPSA) is 37.0 Å². The van der Waals surface area contributed by atoms with Crippen LogP contribution in [0.1, 0.15) is 23.3 Å². The maximum Gasteiger partial charge on any atom is 0.288 e. The first-order valence-electron chi connectivity index (χ1n) is 6.26. The zero-order valence-electron chi connectivity index (χ0n) is 10.3. The number of aliphatic hydroxyl groups is 1. The molecule has 0 bridgehead atoms. The Kier molecular flexibility index (Phi) is 3.26. The number of hydrogen-bond donors (Lipinski definition) is 1. The average molecular weight is 284 g/mol. The van der Waals surface area contributed by atoms with Crippen molar-refractivity contribution in [2.75, 3.05) is 6.61 Å². The first-order chi connectivity index (χ1) is 8.70. The number of hydrogen-bond acceptors (Lipinski definition) is 3. The van der Waals surface area contributed by atoms with Gasteiger partial charge in [-0.25, -0.2) is 4.57 Å². The van der Waals surface area contributed by atoms with Gasteiger partial charge in [0.2, 0.25) is 9.98 Å². The number of rotatable bonds is 2. The van der Waals surface area contributed by atoms with Gasteiger partial charge in [-0.05, 0) is 53.7 Å². The SMILES string of the molecule is C[n+]1cnc2sc3c(c2c1Cl)CC(CCO)CC3. The Morgan fingerprint density at radius 1 is 1.61 bits per heavy atom. The summed E-state index contributed by atoms with van der Waals surface area (Å²) in [5.41, 5.74) is 1.37. The molecule has 0 saturated heterocycles. The molecule has 96 valence electrons. The van der Waals surface area contributed by atoms with Crippen LogP contribution in [0.2, 0.25) is 5.15 Å². The van der Waals surface area contributed by atoms with Crippen molar-refractivity contribution in [1.29, 1.82) is 0 Å². The minimum atomic E-state index is 0.280. The molecule has 0 amide bonds. The second-order valence-electron chi connectivity index (χ2n) is 4.95. The Hall–Kier alpha value is -0.710. The molecule has 2 aromatic rings. The van der Waals surface area contributed by atoms with E-state index in [1.165, 1.54) is 16.9 Å². The highest BCUT2D eigenvalue weighted by atomic mass is 35.5. The Balaban J connectivity index is 2.11. The molecule has 1 atom stereocenters. The van der Waals surface area contributed by atoms with E-state index in [-0.39, 0.29) is 6.61 Å². The van der Waals surface area contributed by atoms with Crippen LogP contribution in [0.3, 0.4) is 0 Å². The van der Waals surface area contributed by atoms with Crippen LogP contribution in [0.5, 0.6) is 0 Å². The molecular weight excluding hydrogens is 268 g/mol. The minimum absolute atomic E-state index is 0.280. The molecule has 0 fully saturated rings. The molecule has 2 aromatic heterocycles. The van der Waals surface area contributed by atoms with Crippen molar-refractivity contribution in [2.24, 2.45) is 13.0 Å². The number of aliphatic hydroxyl groups excluding tert-OH is 1. The molecule has 5 heteroatoms. The molecule has 0 aromatic carbocycles. The minimum Gasteiger partial charge on any atom is -0.396 e. The maximum atomic E-state index is 9.09. The predicted octanol–water partition coefficient (Wildman–Crippen LogP) is 2.26. The highest BCUT2D eigenvalue weighted by Gasteiger charge is 2.27. The smallest absolute Gasteiger partial charge is 0.288 e. The summed E-state index contributed by atoms with van der Waals surface area (Å²) >= 11 is 8.18. The van der Waals surface area contributed by atoms with Gasteiger partial charge in [-0.15, -0.1) is 0 Å². The van der Waals surface area contributed by atoms with Crippen molar-refractivity contribution < 1.29 is 9.67 Å².